The van der Waals surface area contributed by atoms with Gasteiger partial charge in [0.1, 0.15) is 5.69 Å². The maximum absolute atomic E-state index is 11.6. The SMILES string of the molecule is CCc1cc(C(=O)OC)ncc1B1OC(C)(C)C(C)(C)O1. The fourth-order valence-corrected chi connectivity index (χ4v) is 2.21. The van der Waals surface area contributed by atoms with Crippen molar-refractivity contribution in [1.82, 2.24) is 4.98 Å². The van der Waals surface area contributed by atoms with Gasteiger partial charge in [0.15, 0.2) is 0 Å². The first kappa shape index (κ1) is 16.0. The van der Waals surface area contributed by atoms with Crippen LogP contribution < -0.4 is 5.46 Å². The molecule has 0 N–H and O–H groups in total. The lowest BCUT2D eigenvalue weighted by atomic mass is 9.76. The Morgan fingerprint density at radius 1 is 1.29 bits per heavy atom. The van der Waals surface area contributed by atoms with E-state index in [1.54, 1.807) is 12.3 Å². The Kier molecular flexibility index (Phi) is 4.13. The van der Waals surface area contributed by atoms with Gasteiger partial charge in [-0.15, -0.1) is 0 Å². The first-order chi connectivity index (χ1) is 9.71. The molecule has 114 valence electrons. The average Bonchev–Trinajstić information content (AvgIpc) is 2.65. The summed E-state index contributed by atoms with van der Waals surface area (Å²) in [4.78, 5) is 15.7. The smallest absolute Gasteiger partial charge is 0.464 e. The van der Waals surface area contributed by atoms with Crippen LogP contribution in [0.15, 0.2) is 12.3 Å². The summed E-state index contributed by atoms with van der Waals surface area (Å²) in [5.74, 6) is -0.440. The first-order valence-electron chi connectivity index (χ1n) is 7.14. The van der Waals surface area contributed by atoms with E-state index in [4.69, 9.17) is 14.0 Å². The van der Waals surface area contributed by atoms with Crippen LogP contribution in [0.1, 0.15) is 50.7 Å². The molecule has 6 heteroatoms. The minimum Gasteiger partial charge on any atom is -0.464 e. The topological polar surface area (TPSA) is 57.7 Å². The van der Waals surface area contributed by atoms with Crippen molar-refractivity contribution >= 4 is 18.6 Å². The van der Waals surface area contributed by atoms with Crippen molar-refractivity contribution in [2.24, 2.45) is 0 Å². The van der Waals surface area contributed by atoms with Gasteiger partial charge in [-0.05, 0) is 45.7 Å². The molecule has 0 atom stereocenters. The van der Waals surface area contributed by atoms with Crippen LogP contribution in [-0.4, -0.2) is 36.4 Å². The molecule has 1 aromatic heterocycles. The van der Waals surface area contributed by atoms with E-state index in [1.807, 2.05) is 34.6 Å². The highest BCUT2D eigenvalue weighted by molar-refractivity contribution is 6.62. The summed E-state index contributed by atoms with van der Waals surface area (Å²) in [5, 5.41) is 0. The summed E-state index contributed by atoms with van der Waals surface area (Å²) < 4.78 is 16.8. The molecule has 2 rings (SSSR count). The van der Waals surface area contributed by atoms with Gasteiger partial charge in [0.05, 0.1) is 18.3 Å². The van der Waals surface area contributed by atoms with Gasteiger partial charge in [-0.2, -0.15) is 0 Å². The molecule has 0 spiro atoms. The number of hydrogen-bond acceptors (Lipinski definition) is 5. The minimum absolute atomic E-state index is 0.301. The molecule has 2 heterocycles. The lowest BCUT2D eigenvalue weighted by Gasteiger charge is -2.32. The third kappa shape index (κ3) is 2.83. The number of ether oxygens (including phenoxy) is 1. The summed E-state index contributed by atoms with van der Waals surface area (Å²) in [7, 11) is 0.877. The van der Waals surface area contributed by atoms with Crippen molar-refractivity contribution in [3.63, 3.8) is 0 Å². The van der Waals surface area contributed by atoms with E-state index in [-0.39, 0.29) is 0 Å². The third-order valence-corrected chi connectivity index (χ3v) is 4.31. The van der Waals surface area contributed by atoms with Crippen LogP contribution in [0.2, 0.25) is 0 Å². The van der Waals surface area contributed by atoms with Crippen molar-refractivity contribution in [2.45, 2.75) is 52.2 Å². The number of methoxy groups -OCH3 is 1. The molecule has 0 radical (unpaired) electrons. The number of nitrogens with zero attached hydrogens (tertiary/aromatic N) is 1. The molecule has 0 aliphatic carbocycles. The highest BCUT2D eigenvalue weighted by Gasteiger charge is 2.52. The van der Waals surface area contributed by atoms with E-state index in [0.29, 0.717) is 5.69 Å². The Hall–Kier alpha value is -1.40. The molecule has 0 saturated carbocycles. The van der Waals surface area contributed by atoms with Crippen LogP contribution in [0.5, 0.6) is 0 Å². The van der Waals surface area contributed by atoms with Gasteiger partial charge in [-0.1, -0.05) is 6.92 Å². The Labute approximate surface area is 126 Å². The second-order valence-corrected chi connectivity index (χ2v) is 6.20. The van der Waals surface area contributed by atoms with Crippen LogP contribution in [-0.2, 0) is 20.5 Å². The van der Waals surface area contributed by atoms with Gasteiger partial charge in [0.25, 0.3) is 0 Å². The maximum atomic E-state index is 11.6. The lowest BCUT2D eigenvalue weighted by molar-refractivity contribution is 0.00578. The van der Waals surface area contributed by atoms with Crippen molar-refractivity contribution < 1.29 is 18.8 Å². The van der Waals surface area contributed by atoms with E-state index in [0.717, 1.165) is 17.4 Å². The summed E-state index contributed by atoms with van der Waals surface area (Å²) >= 11 is 0. The highest BCUT2D eigenvalue weighted by Crippen LogP contribution is 2.36. The average molecular weight is 291 g/mol. The van der Waals surface area contributed by atoms with Crippen LogP contribution in [0.25, 0.3) is 0 Å². The molecule has 5 nitrogen and oxygen atoms in total. The molecule has 1 fully saturated rings. The van der Waals surface area contributed by atoms with Gasteiger partial charge >= 0.3 is 13.1 Å². The number of aryl methyl sites for hydroxylation is 1. The number of hydrogen-bond donors (Lipinski definition) is 0. The third-order valence-electron chi connectivity index (χ3n) is 4.31. The molecule has 0 bridgehead atoms. The Morgan fingerprint density at radius 2 is 1.86 bits per heavy atom. The summed E-state index contributed by atoms with van der Waals surface area (Å²) in [6, 6.07) is 1.74. The Bertz CT molecular complexity index is 541. The molecule has 21 heavy (non-hydrogen) atoms. The Balaban J connectivity index is 2.35. The fourth-order valence-electron chi connectivity index (χ4n) is 2.21. The van der Waals surface area contributed by atoms with Crippen molar-refractivity contribution in [3.8, 4) is 0 Å². The molecular formula is C15H22BNO4. The lowest BCUT2D eigenvalue weighted by Crippen LogP contribution is -2.41. The molecule has 0 aromatic carbocycles. The maximum Gasteiger partial charge on any atom is 0.496 e. The van der Waals surface area contributed by atoms with Crippen LogP contribution >= 0.6 is 0 Å². The summed E-state index contributed by atoms with van der Waals surface area (Å²) in [6.45, 7) is 10.1. The predicted molar refractivity (Wildman–Crippen MR) is 80.7 cm³/mol. The minimum atomic E-state index is -0.468. The zero-order chi connectivity index (χ0) is 15.8. The van der Waals surface area contributed by atoms with Gasteiger partial charge in [-0.3, -0.25) is 0 Å². The number of carbonyl (C=O) groups is 1. The molecule has 0 unspecified atom stereocenters. The normalized spacial score (nSPS) is 19.6. The van der Waals surface area contributed by atoms with Gasteiger partial charge in [0, 0.05) is 11.7 Å². The van der Waals surface area contributed by atoms with E-state index in [2.05, 4.69) is 4.98 Å². The van der Waals surface area contributed by atoms with Crippen LogP contribution in [0.4, 0.5) is 0 Å². The fraction of sp³-hybridized carbons (Fsp3) is 0.600. The van der Waals surface area contributed by atoms with Gasteiger partial charge in [-0.25, -0.2) is 9.78 Å². The zero-order valence-electron chi connectivity index (χ0n) is 13.5. The largest absolute Gasteiger partial charge is 0.496 e. The highest BCUT2D eigenvalue weighted by atomic mass is 16.7. The molecule has 1 saturated heterocycles. The predicted octanol–water partition coefficient (Wildman–Crippen LogP) is 1.73. The Morgan fingerprint density at radius 3 is 2.33 bits per heavy atom. The number of carbonyl (C=O) groups excluding carboxylic acids is 1. The molecule has 1 aromatic rings. The van der Waals surface area contributed by atoms with E-state index in [9.17, 15) is 4.79 Å². The molecule has 1 aliphatic heterocycles. The van der Waals surface area contributed by atoms with Crippen molar-refractivity contribution in [1.29, 1.82) is 0 Å². The number of esters is 1. The standard InChI is InChI=1S/C15H22BNO4/c1-7-10-8-12(13(18)19-6)17-9-11(10)16-20-14(2,3)15(4,5)21-16/h8-9H,7H2,1-6H3. The summed E-state index contributed by atoms with van der Waals surface area (Å²) in [6.07, 6.45) is 2.40. The molecule has 0 amide bonds. The van der Waals surface area contributed by atoms with E-state index >= 15 is 0 Å². The zero-order valence-corrected chi connectivity index (χ0v) is 13.5. The van der Waals surface area contributed by atoms with Crippen LogP contribution in [0, 0.1) is 0 Å². The quantitative estimate of drug-likeness (QED) is 0.627. The second-order valence-electron chi connectivity index (χ2n) is 6.20. The number of pyridine rings is 1. The molecular weight excluding hydrogens is 269 g/mol. The van der Waals surface area contributed by atoms with Gasteiger partial charge < -0.3 is 14.0 Å². The van der Waals surface area contributed by atoms with Gasteiger partial charge in [0.2, 0.25) is 0 Å². The monoisotopic (exact) mass is 291 g/mol. The number of rotatable bonds is 3. The van der Waals surface area contributed by atoms with E-state index < -0.39 is 24.3 Å². The first-order valence-corrected chi connectivity index (χ1v) is 7.14. The van der Waals surface area contributed by atoms with Crippen molar-refractivity contribution in [3.05, 3.63) is 23.5 Å². The van der Waals surface area contributed by atoms with Crippen LogP contribution in [0.3, 0.4) is 0 Å². The number of aromatic nitrogens is 1. The summed E-state index contributed by atoms with van der Waals surface area (Å²) in [5.41, 5.74) is 1.34. The second kappa shape index (κ2) is 5.42. The van der Waals surface area contributed by atoms with E-state index in [1.165, 1.54) is 7.11 Å². The molecule has 1 aliphatic rings. The van der Waals surface area contributed by atoms with Crippen molar-refractivity contribution in [2.75, 3.05) is 7.11 Å².